The smallest absolute Gasteiger partial charge is 0.342 e. The molecule has 0 N–H and O–H groups in total. The SMILES string of the molecule is CC1CCN(C(=O)CN2CC3CC2CN3Cc2ccc(C(F)(F)F)nc2)CC1. The maximum Gasteiger partial charge on any atom is 0.433 e. The molecule has 4 heterocycles. The molecule has 5 nitrogen and oxygen atoms in total. The normalized spacial score (nSPS) is 26.9. The van der Waals surface area contributed by atoms with E-state index in [1.165, 1.54) is 12.3 Å². The van der Waals surface area contributed by atoms with E-state index in [1.807, 2.05) is 4.90 Å². The maximum absolute atomic E-state index is 12.6. The Balaban J connectivity index is 1.28. The van der Waals surface area contributed by atoms with Crippen LogP contribution in [0.5, 0.6) is 0 Å². The molecule has 8 heteroatoms. The van der Waals surface area contributed by atoms with Gasteiger partial charge in [-0.25, -0.2) is 0 Å². The number of fused-ring (bicyclic) bond motifs is 2. The fourth-order valence-corrected chi connectivity index (χ4v) is 4.67. The number of pyridine rings is 1. The Bertz CT molecular complexity index is 700. The summed E-state index contributed by atoms with van der Waals surface area (Å²) in [6.07, 6.45) is 0.135. The molecule has 3 saturated heterocycles. The van der Waals surface area contributed by atoms with E-state index in [2.05, 4.69) is 21.7 Å². The van der Waals surface area contributed by atoms with Crippen LogP contribution in [0.2, 0.25) is 0 Å². The Kier molecular flexibility index (Phi) is 5.35. The Morgan fingerprint density at radius 2 is 1.82 bits per heavy atom. The third-order valence-electron chi connectivity index (χ3n) is 6.44. The lowest BCUT2D eigenvalue weighted by Crippen LogP contribution is -2.50. The van der Waals surface area contributed by atoms with Gasteiger partial charge in [-0.15, -0.1) is 0 Å². The molecule has 3 aliphatic heterocycles. The summed E-state index contributed by atoms with van der Waals surface area (Å²) < 4.78 is 37.9. The molecule has 3 fully saturated rings. The predicted molar refractivity (Wildman–Crippen MR) is 98.4 cm³/mol. The molecule has 2 unspecified atom stereocenters. The maximum atomic E-state index is 12.6. The van der Waals surface area contributed by atoms with Crippen molar-refractivity contribution >= 4 is 5.91 Å². The van der Waals surface area contributed by atoms with Crippen molar-refractivity contribution in [2.75, 3.05) is 32.7 Å². The van der Waals surface area contributed by atoms with Crippen molar-refractivity contribution in [2.24, 2.45) is 5.92 Å². The van der Waals surface area contributed by atoms with Crippen molar-refractivity contribution in [3.8, 4) is 0 Å². The third-order valence-corrected chi connectivity index (χ3v) is 6.44. The minimum Gasteiger partial charge on any atom is -0.342 e. The van der Waals surface area contributed by atoms with E-state index in [0.29, 0.717) is 31.1 Å². The van der Waals surface area contributed by atoms with Crippen molar-refractivity contribution in [1.29, 1.82) is 0 Å². The summed E-state index contributed by atoms with van der Waals surface area (Å²) in [5.74, 6) is 0.943. The molecule has 0 radical (unpaired) electrons. The molecule has 3 aliphatic rings. The topological polar surface area (TPSA) is 39.7 Å². The second-order valence-electron chi connectivity index (χ2n) is 8.51. The van der Waals surface area contributed by atoms with Crippen LogP contribution in [0, 0.1) is 5.92 Å². The van der Waals surface area contributed by atoms with Crippen LogP contribution < -0.4 is 0 Å². The van der Waals surface area contributed by atoms with Gasteiger partial charge in [0, 0.05) is 51.0 Å². The molecule has 1 aromatic rings. The van der Waals surface area contributed by atoms with Crippen LogP contribution in [0.15, 0.2) is 18.3 Å². The summed E-state index contributed by atoms with van der Waals surface area (Å²) in [7, 11) is 0. The van der Waals surface area contributed by atoms with Crippen molar-refractivity contribution in [1.82, 2.24) is 19.7 Å². The van der Waals surface area contributed by atoms with Gasteiger partial charge in [-0.2, -0.15) is 13.2 Å². The van der Waals surface area contributed by atoms with Crippen molar-refractivity contribution in [3.05, 3.63) is 29.6 Å². The molecule has 4 rings (SSSR count). The van der Waals surface area contributed by atoms with Gasteiger partial charge in [0.2, 0.25) is 5.91 Å². The summed E-state index contributed by atoms with van der Waals surface area (Å²) in [6, 6.07) is 3.29. The largest absolute Gasteiger partial charge is 0.433 e. The lowest BCUT2D eigenvalue weighted by molar-refractivity contribution is -0.141. The lowest BCUT2D eigenvalue weighted by atomic mass is 9.99. The van der Waals surface area contributed by atoms with E-state index in [4.69, 9.17) is 0 Å². The molecular weight excluding hydrogens is 369 g/mol. The molecule has 154 valence electrons. The van der Waals surface area contributed by atoms with Crippen LogP contribution >= 0.6 is 0 Å². The van der Waals surface area contributed by atoms with Crippen molar-refractivity contribution in [2.45, 2.75) is 51.0 Å². The minimum atomic E-state index is -4.40. The quantitative estimate of drug-likeness (QED) is 0.785. The van der Waals surface area contributed by atoms with Crippen LogP contribution in [0.4, 0.5) is 13.2 Å². The van der Waals surface area contributed by atoms with E-state index in [0.717, 1.165) is 57.1 Å². The molecule has 2 bridgehead atoms. The first kappa shape index (κ1) is 19.6. The summed E-state index contributed by atoms with van der Waals surface area (Å²) >= 11 is 0. The van der Waals surface area contributed by atoms with Crippen LogP contribution in [0.25, 0.3) is 0 Å². The number of piperidine rings is 1. The fraction of sp³-hybridized carbons (Fsp3) is 0.700. The van der Waals surface area contributed by atoms with Gasteiger partial charge in [-0.05, 0) is 36.8 Å². The van der Waals surface area contributed by atoms with E-state index < -0.39 is 11.9 Å². The Morgan fingerprint density at radius 3 is 2.39 bits per heavy atom. The zero-order valence-corrected chi connectivity index (χ0v) is 16.2. The number of likely N-dealkylation sites (tertiary alicyclic amines) is 3. The van der Waals surface area contributed by atoms with Gasteiger partial charge in [0.05, 0.1) is 6.54 Å². The molecule has 0 aromatic carbocycles. The molecule has 0 saturated carbocycles. The van der Waals surface area contributed by atoms with Gasteiger partial charge in [0.25, 0.3) is 0 Å². The van der Waals surface area contributed by atoms with Crippen LogP contribution in [0.1, 0.15) is 37.4 Å². The second-order valence-corrected chi connectivity index (χ2v) is 8.51. The number of alkyl halides is 3. The summed E-state index contributed by atoms with van der Waals surface area (Å²) in [5.41, 5.74) is -0.0541. The molecule has 28 heavy (non-hydrogen) atoms. The Morgan fingerprint density at radius 1 is 1.14 bits per heavy atom. The van der Waals surface area contributed by atoms with Gasteiger partial charge >= 0.3 is 6.18 Å². The summed E-state index contributed by atoms with van der Waals surface area (Å²) in [5, 5.41) is 0. The van der Waals surface area contributed by atoms with E-state index >= 15 is 0 Å². The first-order valence-electron chi connectivity index (χ1n) is 10.1. The van der Waals surface area contributed by atoms with Gasteiger partial charge in [0.1, 0.15) is 5.69 Å². The number of hydrogen-bond acceptors (Lipinski definition) is 4. The van der Waals surface area contributed by atoms with E-state index in [9.17, 15) is 18.0 Å². The lowest BCUT2D eigenvalue weighted by Gasteiger charge is -2.36. The number of carbonyl (C=O) groups is 1. The first-order chi connectivity index (χ1) is 13.3. The number of piperazine rings is 1. The van der Waals surface area contributed by atoms with Crippen molar-refractivity contribution < 1.29 is 18.0 Å². The van der Waals surface area contributed by atoms with Gasteiger partial charge in [-0.1, -0.05) is 13.0 Å². The number of halogens is 3. The highest BCUT2D eigenvalue weighted by Crippen LogP contribution is 2.32. The van der Waals surface area contributed by atoms with Gasteiger partial charge in [0.15, 0.2) is 0 Å². The molecule has 2 atom stereocenters. The number of amides is 1. The average molecular weight is 396 g/mol. The monoisotopic (exact) mass is 396 g/mol. The number of aromatic nitrogens is 1. The number of hydrogen-bond donors (Lipinski definition) is 0. The fourth-order valence-electron chi connectivity index (χ4n) is 4.67. The first-order valence-corrected chi connectivity index (χ1v) is 10.1. The number of nitrogens with zero attached hydrogens (tertiary/aromatic N) is 4. The van der Waals surface area contributed by atoms with Gasteiger partial charge < -0.3 is 4.90 Å². The Hall–Kier alpha value is -1.67. The zero-order chi connectivity index (χ0) is 19.9. The summed E-state index contributed by atoms with van der Waals surface area (Å²) in [6.45, 7) is 6.79. The van der Waals surface area contributed by atoms with E-state index in [-0.39, 0.29) is 5.91 Å². The molecule has 0 aliphatic carbocycles. The van der Waals surface area contributed by atoms with E-state index in [1.54, 1.807) is 0 Å². The number of rotatable bonds is 4. The standard InChI is InChI=1S/C20H27F3N4O/c1-14-4-6-25(7-5-14)19(28)13-27-12-16-8-17(27)11-26(16)10-15-2-3-18(24-9-15)20(21,22)23/h2-3,9,14,16-17H,4-8,10-13H2,1H3. The van der Waals surface area contributed by atoms with Crippen LogP contribution in [0.3, 0.4) is 0 Å². The minimum absolute atomic E-state index is 0.234. The average Bonchev–Trinajstić information content (AvgIpc) is 3.22. The third kappa shape index (κ3) is 4.17. The molecule has 0 spiro atoms. The highest BCUT2D eigenvalue weighted by molar-refractivity contribution is 5.78. The molecular formula is C20H27F3N4O. The predicted octanol–water partition coefficient (Wildman–Crippen LogP) is 2.62. The van der Waals surface area contributed by atoms with Crippen LogP contribution in [-0.2, 0) is 17.5 Å². The van der Waals surface area contributed by atoms with Crippen LogP contribution in [-0.4, -0.2) is 70.4 Å². The van der Waals surface area contributed by atoms with Crippen molar-refractivity contribution in [3.63, 3.8) is 0 Å². The number of carbonyl (C=O) groups excluding carboxylic acids is 1. The molecule has 1 amide bonds. The molecule has 1 aromatic heterocycles. The van der Waals surface area contributed by atoms with Gasteiger partial charge in [-0.3, -0.25) is 19.6 Å². The highest BCUT2D eigenvalue weighted by Gasteiger charge is 2.44. The second kappa shape index (κ2) is 7.63. The summed E-state index contributed by atoms with van der Waals surface area (Å²) in [4.78, 5) is 22.7. The highest BCUT2D eigenvalue weighted by atomic mass is 19.4. The zero-order valence-electron chi connectivity index (χ0n) is 16.2. The Labute approximate surface area is 163 Å².